The Morgan fingerprint density at radius 3 is 2.46 bits per heavy atom. The topological polar surface area (TPSA) is 184 Å². The molecule has 1 aromatic carbocycles. The fourth-order valence-corrected chi connectivity index (χ4v) is 9.64. The molecular formula is C37H47F3N6O9S. The van der Waals surface area contributed by atoms with Crippen molar-refractivity contribution in [1.82, 2.24) is 29.5 Å². The first-order chi connectivity index (χ1) is 26.6. The van der Waals surface area contributed by atoms with Crippen LogP contribution in [0.3, 0.4) is 0 Å². The highest BCUT2D eigenvalue weighted by molar-refractivity contribution is 7.87. The fraction of sp³-hybridized carbons (Fsp3) is 0.649. The second kappa shape index (κ2) is 15.9. The van der Waals surface area contributed by atoms with Crippen LogP contribution in [0.5, 0.6) is 0 Å². The van der Waals surface area contributed by atoms with E-state index >= 15 is 0 Å². The van der Waals surface area contributed by atoms with Gasteiger partial charge in [-0.1, -0.05) is 37.1 Å². The molecule has 6 aliphatic rings. The molecule has 15 nitrogen and oxygen atoms in total. The Labute approximate surface area is 322 Å². The van der Waals surface area contributed by atoms with Crippen molar-refractivity contribution in [3.05, 3.63) is 47.3 Å². The summed E-state index contributed by atoms with van der Waals surface area (Å²) in [5.41, 5.74) is -0.819. The molecule has 4 fully saturated rings. The van der Waals surface area contributed by atoms with Gasteiger partial charge in [-0.05, 0) is 63.0 Å². The Balaban J connectivity index is 1.12. The van der Waals surface area contributed by atoms with E-state index in [1.54, 1.807) is 12.1 Å². The molecule has 0 bridgehead atoms. The van der Waals surface area contributed by atoms with Crippen LogP contribution in [0.25, 0.3) is 0 Å². The van der Waals surface area contributed by atoms with Gasteiger partial charge in [-0.3, -0.25) is 19.3 Å². The van der Waals surface area contributed by atoms with Crippen molar-refractivity contribution in [2.75, 3.05) is 19.6 Å². The number of alkyl carbamates (subject to hydrolysis) is 1. The molecule has 0 radical (unpaired) electrons. The summed E-state index contributed by atoms with van der Waals surface area (Å²) in [6.45, 7) is -1.81. The number of benzene rings is 1. The van der Waals surface area contributed by atoms with Gasteiger partial charge in [0.25, 0.3) is 11.8 Å². The molecule has 19 heteroatoms. The van der Waals surface area contributed by atoms with Gasteiger partial charge < -0.3 is 25.0 Å². The first-order valence-corrected chi connectivity index (χ1v) is 20.8. The van der Waals surface area contributed by atoms with Gasteiger partial charge in [-0.2, -0.15) is 12.7 Å². The number of fused-ring (bicyclic) bond motifs is 3. The smallest absolute Gasteiger partial charge is 0.410 e. The first-order valence-electron chi connectivity index (χ1n) is 19.3. The van der Waals surface area contributed by atoms with Crippen LogP contribution < -0.4 is 15.4 Å². The van der Waals surface area contributed by atoms with E-state index in [9.17, 15) is 45.6 Å². The van der Waals surface area contributed by atoms with Crippen LogP contribution in [-0.4, -0.2) is 108 Å². The summed E-state index contributed by atoms with van der Waals surface area (Å²) in [5, 5.41) is 5.37. The Morgan fingerprint density at radius 2 is 1.73 bits per heavy atom. The molecule has 2 aliphatic carbocycles. The summed E-state index contributed by atoms with van der Waals surface area (Å²) in [6.07, 6.45) is 5.66. The van der Waals surface area contributed by atoms with Gasteiger partial charge in [-0.25, -0.2) is 27.5 Å². The zero-order valence-corrected chi connectivity index (χ0v) is 31.7. The van der Waals surface area contributed by atoms with E-state index in [-0.39, 0.29) is 45.0 Å². The zero-order valence-electron chi connectivity index (χ0n) is 30.9. The highest BCUT2D eigenvalue weighted by Gasteiger charge is 2.62. The van der Waals surface area contributed by atoms with Gasteiger partial charge in [0.2, 0.25) is 11.8 Å². The fourth-order valence-electron chi connectivity index (χ4n) is 8.41. The molecule has 0 unspecified atom stereocenters. The standard InChI is InChI=1S/C37H47F3N6O9S/c38-28-13-8-9-23-19-44(21-27(23)28)35(51)55-26-17-30-31(47)42-37(33(49)43-56(52,53)45-16-15-36(39,40)22-45)18-24(37)10-4-2-1-3-5-14-29(32(48)46(30)20-26)41-34(50)54-25-11-6-7-12-25/h4,8-10,13,24-26,29-30H,1-3,5-7,11-12,14-22H2,(H,41,50)(H,42,47)(H,43,49)/b10-4-/t24-,26+,29-,30-,37+/m0/s1. The van der Waals surface area contributed by atoms with Gasteiger partial charge in [0.05, 0.1) is 19.6 Å². The molecule has 0 aromatic heterocycles. The molecule has 306 valence electrons. The number of carbonyl (C=O) groups excluding carboxylic acids is 5. The highest BCUT2D eigenvalue weighted by Crippen LogP contribution is 2.46. The maximum absolute atomic E-state index is 14.5. The lowest BCUT2D eigenvalue weighted by molar-refractivity contribution is -0.141. The number of nitrogens with zero attached hydrogens (tertiary/aromatic N) is 3. The predicted molar refractivity (Wildman–Crippen MR) is 191 cm³/mol. The Bertz CT molecular complexity index is 1880. The van der Waals surface area contributed by atoms with Crippen LogP contribution in [0.2, 0.25) is 0 Å². The van der Waals surface area contributed by atoms with Gasteiger partial charge in [0.15, 0.2) is 0 Å². The lowest BCUT2D eigenvalue weighted by Crippen LogP contribution is -2.59. The van der Waals surface area contributed by atoms with Crippen molar-refractivity contribution in [2.45, 2.75) is 126 Å². The number of allylic oxidation sites excluding steroid dienone is 1. The molecule has 0 spiro atoms. The van der Waals surface area contributed by atoms with Crippen molar-refractivity contribution in [3.63, 3.8) is 0 Å². The highest BCUT2D eigenvalue weighted by atomic mass is 32.2. The second-order valence-corrected chi connectivity index (χ2v) is 17.4. The van der Waals surface area contributed by atoms with E-state index in [0.717, 1.165) is 12.8 Å². The summed E-state index contributed by atoms with van der Waals surface area (Å²) >= 11 is 0. The van der Waals surface area contributed by atoms with Crippen molar-refractivity contribution < 1.29 is 55.0 Å². The number of carbonyl (C=O) groups is 5. The first kappa shape index (κ1) is 39.8. The van der Waals surface area contributed by atoms with Crippen molar-refractivity contribution in [1.29, 1.82) is 0 Å². The summed E-state index contributed by atoms with van der Waals surface area (Å²) in [7, 11) is -4.71. The Kier molecular flexibility index (Phi) is 11.3. The third kappa shape index (κ3) is 8.62. The zero-order chi connectivity index (χ0) is 39.8. The molecule has 2 saturated carbocycles. The van der Waals surface area contributed by atoms with Crippen LogP contribution >= 0.6 is 0 Å². The molecule has 2 saturated heterocycles. The Morgan fingerprint density at radius 1 is 0.964 bits per heavy atom. The van der Waals surface area contributed by atoms with E-state index in [4.69, 9.17) is 9.47 Å². The van der Waals surface area contributed by atoms with E-state index in [0.29, 0.717) is 54.0 Å². The van der Waals surface area contributed by atoms with E-state index in [2.05, 4.69) is 10.6 Å². The maximum Gasteiger partial charge on any atom is 0.410 e. The van der Waals surface area contributed by atoms with Crippen LogP contribution in [-0.2, 0) is 47.2 Å². The van der Waals surface area contributed by atoms with E-state index in [1.165, 1.54) is 21.9 Å². The number of hydrogen-bond acceptors (Lipinski definition) is 9. The minimum Gasteiger partial charge on any atom is -0.446 e. The second-order valence-electron chi connectivity index (χ2n) is 15.7. The van der Waals surface area contributed by atoms with Crippen LogP contribution in [0.1, 0.15) is 88.2 Å². The minimum absolute atomic E-state index is 0.00486. The Hall–Kier alpha value is -4.39. The summed E-state index contributed by atoms with van der Waals surface area (Å²) in [5.74, 6) is -6.97. The van der Waals surface area contributed by atoms with Gasteiger partial charge in [0, 0.05) is 37.4 Å². The number of alkyl halides is 2. The number of amides is 5. The van der Waals surface area contributed by atoms with Gasteiger partial charge >= 0.3 is 22.4 Å². The molecule has 1 aromatic rings. The predicted octanol–water partition coefficient (Wildman–Crippen LogP) is 3.38. The molecule has 4 aliphatic heterocycles. The molecule has 5 atom stereocenters. The summed E-state index contributed by atoms with van der Waals surface area (Å²) < 4.78 is 82.2. The summed E-state index contributed by atoms with van der Waals surface area (Å²) in [4.78, 5) is 71.4. The number of nitrogens with one attached hydrogen (secondary N) is 3. The molecule has 56 heavy (non-hydrogen) atoms. The average molecular weight is 809 g/mol. The van der Waals surface area contributed by atoms with E-state index in [1.807, 2.05) is 10.8 Å². The average Bonchev–Trinajstić information content (AvgIpc) is 3.70. The number of ether oxygens (including phenoxy) is 2. The largest absolute Gasteiger partial charge is 0.446 e. The lowest BCUT2D eigenvalue weighted by Gasteiger charge is -2.30. The quantitative estimate of drug-likeness (QED) is 0.363. The monoisotopic (exact) mass is 808 g/mol. The third-order valence-corrected chi connectivity index (χ3v) is 13.1. The molecule has 4 heterocycles. The van der Waals surface area contributed by atoms with Crippen LogP contribution in [0.4, 0.5) is 22.8 Å². The minimum atomic E-state index is -4.71. The molecule has 5 amide bonds. The van der Waals surface area contributed by atoms with Crippen LogP contribution in [0, 0.1) is 11.7 Å². The van der Waals surface area contributed by atoms with E-state index < -0.39 is 101 Å². The van der Waals surface area contributed by atoms with Gasteiger partial charge in [-0.15, -0.1) is 0 Å². The third-order valence-electron chi connectivity index (χ3n) is 11.7. The van der Waals surface area contributed by atoms with Crippen molar-refractivity contribution in [3.8, 4) is 0 Å². The normalized spacial score (nSPS) is 30.3. The maximum atomic E-state index is 14.5. The molecular weight excluding hydrogens is 762 g/mol. The van der Waals surface area contributed by atoms with Gasteiger partial charge in [0.1, 0.15) is 35.6 Å². The molecule has 7 rings (SSSR count). The van der Waals surface area contributed by atoms with Crippen molar-refractivity contribution in [2.24, 2.45) is 5.92 Å². The number of hydrogen-bond donors (Lipinski definition) is 3. The molecule has 3 N–H and O–H groups in total. The van der Waals surface area contributed by atoms with Crippen molar-refractivity contribution >= 4 is 40.1 Å². The number of rotatable bonds is 6. The SMILES string of the molecule is O=C(N[C@H]1CCCCC/C=C\[C@H]2C[C@@]2(C(=O)NS(=O)(=O)N2CCC(F)(F)C2)NC(=O)[C@@H]2C[C@@H](OC(=O)N3Cc4cccc(F)c4C3)CN2C1=O)OC1CCCC1. The summed E-state index contributed by atoms with van der Waals surface area (Å²) in [6, 6.07) is 2.08. The number of halogens is 3. The lowest BCUT2D eigenvalue weighted by atomic mass is 10.0. The van der Waals surface area contributed by atoms with Crippen LogP contribution in [0.15, 0.2) is 30.4 Å².